The van der Waals surface area contributed by atoms with E-state index in [9.17, 15) is 17.6 Å². The summed E-state index contributed by atoms with van der Waals surface area (Å²) in [5.74, 6) is -1.37. The van der Waals surface area contributed by atoms with Gasteiger partial charge in [-0.05, 0) is 66.6 Å². The van der Waals surface area contributed by atoms with Crippen LogP contribution in [0.1, 0.15) is 30.1 Å². The van der Waals surface area contributed by atoms with E-state index in [2.05, 4.69) is 10.3 Å². The van der Waals surface area contributed by atoms with Gasteiger partial charge in [0.15, 0.2) is 0 Å². The topological polar surface area (TPSA) is 105 Å². The molecule has 0 radical (unpaired) electrons. The average molecular weight is 457 g/mol. The highest BCUT2D eigenvalue weighted by Gasteiger charge is 2.27. The van der Waals surface area contributed by atoms with Crippen LogP contribution >= 0.6 is 0 Å². The van der Waals surface area contributed by atoms with Crippen molar-refractivity contribution in [3.8, 4) is 11.1 Å². The molecular weight excluding hydrogens is 431 g/mol. The molecule has 1 aliphatic rings. The van der Waals surface area contributed by atoms with Crippen LogP contribution in [0.4, 0.5) is 10.1 Å². The minimum atomic E-state index is -3.18. The molecule has 0 spiro atoms. The Morgan fingerprint density at radius 1 is 1.19 bits per heavy atom. The van der Waals surface area contributed by atoms with E-state index in [1.165, 1.54) is 12.1 Å². The van der Waals surface area contributed by atoms with Gasteiger partial charge in [0.05, 0.1) is 11.3 Å². The molecule has 7 nitrogen and oxygen atoms in total. The molecule has 0 atom stereocenters. The molecule has 0 bridgehead atoms. The molecular formula is C23H25FN4O3S. The van der Waals surface area contributed by atoms with Crippen LogP contribution in [0, 0.1) is 5.82 Å². The van der Waals surface area contributed by atoms with Crippen LogP contribution in [0.5, 0.6) is 0 Å². The van der Waals surface area contributed by atoms with Gasteiger partial charge in [0.25, 0.3) is 5.91 Å². The Bertz CT molecular complexity index is 1270. The minimum Gasteiger partial charge on any atom is -0.382 e. The molecule has 4 rings (SSSR count). The molecule has 9 heteroatoms. The first kappa shape index (κ1) is 22.2. The molecule has 1 aromatic heterocycles. The maximum Gasteiger partial charge on any atom is 0.251 e. The SMILES string of the molecule is CCS(=O)(=O)N1CCC(Nc2cc(-c3ccc(C(N)=O)c(F)c3)cc3ccncc23)CC1. The summed E-state index contributed by atoms with van der Waals surface area (Å²) in [5.41, 5.74) is 7.32. The lowest BCUT2D eigenvalue weighted by Crippen LogP contribution is -2.42. The summed E-state index contributed by atoms with van der Waals surface area (Å²) in [6, 6.07) is 10.2. The summed E-state index contributed by atoms with van der Waals surface area (Å²) in [7, 11) is -3.18. The summed E-state index contributed by atoms with van der Waals surface area (Å²) < 4.78 is 40.2. The van der Waals surface area contributed by atoms with Crippen LogP contribution in [-0.2, 0) is 10.0 Å². The standard InChI is InChI=1S/C23H25FN4O3S/c1-2-32(30,31)28-9-6-18(7-10-28)27-22-13-17(11-16-5-8-26-14-20(16)22)15-3-4-19(23(25)29)21(24)12-15/h3-5,8,11-14,18,27H,2,6-7,9-10H2,1H3,(H2,25,29). The van der Waals surface area contributed by atoms with E-state index in [4.69, 9.17) is 5.73 Å². The van der Waals surface area contributed by atoms with Crippen molar-refractivity contribution in [1.82, 2.24) is 9.29 Å². The molecule has 3 aromatic rings. The molecule has 1 saturated heterocycles. The summed E-state index contributed by atoms with van der Waals surface area (Å²) in [4.78, 5) is 15.6. The fourth-order valence-electron chi connectivity index (χ4n) is 4.06. The Balaban J connectivity index is 1.64. The Hall–Kier alpha value is -3.04. The van der Waals surface area contributed by atoms with Crippen molar-refractivity contribution in [3.63, 3.8) is 0 Å². The number of primary amides is 1. The van der Waals surface area contributed by atoms with Crippen LogP contribution < -0.4 is 11.1 Å². The number of fused-ring (bicyclic) bond motifs is 1. The lowest BCUT2D eigenvalue weighted by molar-refractivity contribution is 0.0996. The van der Waals surface area contributed by atoms with Crippen molar-refractivity contribution in [2.45, 2.75) is 25.8 Å². The first-order valence-electron chi connectivity index (χ1n) is 10.5. The van der Waals surface area contributed by atoms with E-state index in [-0.39, 0.29) is 17.4 Å². The summed E-state index contributed by atoms with van der Waals surface area (Å²) in [6.07, 6.45) is 4.84. The molecule has 168 valence electrons. The predicted molar refractivity (Wildman–Crippen MR) is 123 cm³/mol. The molecule has 1 fully saturated rings. The number of nitrogens with zero attached hydrogens (tertiary/aromatic N) is 2. The van der Waals surface area contributed by atoms with Crippen LogP contribution in [0.25, 0.3) is 21.9 Å². The number of piperidine rings is 1. The van der Waals surface area contributed by atoms with Gasteiger partial charge in [-0.3, -0.25) is 9.78 Å². The maximum absolute atomic E-state index is 14.4. The molecule has 2 heterocycles. The number of nitrogens with two attached hydrogens (primary N) is 1. The number of pyridine rings is 1. The number of sulfonamides is 1. The number of nitrogens with one attached hydrogen (secondary N) is 1. The third-order valence-electron chi connectivity index (χ3n) is 5.90. The van der Waals surface area contributed by atoms with Gasteiger partial charge in [-0.1, -0.05) is 6.07 Å². The Kier molecular flexibility index (Phi) is 6.12. The van der Waals surface area contributed by atoms with Crippen LogP contribution in [0.15, 0.2) is 48.8 Å². The molecule has 0 saturated carbocycles. The van der Waals surface area contributed by atoms with E-state index in [0.717, 1.165) is 22.0 Å². The van der Waals surface area contributed by atoms with Crippen LogP contribution in [-0.4, -0.2) is 48.5 Å². The van der Waals surface area contributed by atoms with Crippen molar-refractivity contribution in [2.75, 3.05) is 24.2 Å². The van der Waals surface area contributed by atoms with E-state index in [1.54, 1.807) is 29.7 Å². The van der Waals surface area contributed by atoms with E-state index < -0.39 is 21.7 Å². The number of aromatic nitrogens is 1. The highest BCUT2D eigenvalue weighted by Crippen LogP contribution is 2.32. The largest absolute Gasteiger partial charge is 0.382 e. The third kappa shape index (κ3) is 4.44. The van der Waals surface area contributed by atoms with E-state index in [1.807, 2.05) is 18.2 Å². The second kappa shape index (κ2) is 8.84. The number of hydrogen-bond donors (Lipinski definition) is 2. The van der Waals surface area contributed by atoms with E-state index in [0.29, 0.717) is 31.5 Å². The van der Waals surface area contributed by atoms with Crippen molar-refractivity contribution in [3.05, 3.63) is 60.2 Å². The number of rotatable bonds is 6. The fraction of sp³-hybridized carbons (Fsp3) is 0.304. The van der Waals surface area contributed by atoms with Gasteiger partial charge < -0.3 is 11.1 Å². The molecule has 0 aliphatic carbocycles. The number of anilines is 1. The zero-order valence-corrected chi connectivity index (χ0v) is 18.5. The third-order valence-corrected chi connectivity index (χ3v) is 7.78. The van der Waals surface area contributed by atoms with Gasteiger partial charge in [-0.2, -0.15) is 0 Å². The Morgan fingerprint density at radius 2 is 1.94 bits per heavy atom. The minimum absolute atomic E-state index is 0.103. The normalized spacial score (nSPS) is 15.7. The van der Waals surface area contributed by atoms with Gasteiger partial charge in [0.2, 0.25) is 10.0 Å². The molecule has 1 aliphatic heterocycles. The smallest absolute Gasteiger partial charge is 0.251 e. The van der Waals surface area contributed by atoms with Crippen LogP contribution in [0.3, 0.4) is 0 Å². The monoisotopic (exact) mass is 456 g/mol. The average Bonchev–Trinajstić information content (AvgIpc) is 2.79. The number of halogens is 1. The number of carbonyl (C=O) groups is 1. The lowest BCUT2D eigenvalue weighted by Gasteiger charge is -2.32. The zero-order chi connectivity index (χ0) is 22.9. The molecule has 0 unspecified atom stereocenters. The highest BCUT2D eigenvalue weighted by molar-refractivity contribution is 7.89. The first-order chi connectivity index (χ1) is 15.3. The number of hydrogen-bond acceptors (Lipinski definition) is 5. The Morgan fingerprint density at radius 3 is 2.59 bits per heavy atom. The van der Waals surface area contributed by atoms with E-state index >= 15 is 0 Å². The lowest BCUT2D eigenvalue weighted by atomic mass is 9.98. The summed E-state index contributed by atoms with van der Waals surface area (Å²) in [6.45, 7) is 2.61. The molecule has 2 aromatic carbocycles. The van der Waals surface area contributed by atoms with Gasteiger partial charge >= 0.3 is 0 Å². The van der Waals surface area contributed by atoms with Gasteiger partial charge in [0.1, 0.15) is 5.82 Å². The van der Waals surface area contributed by atoms with Gasteiger partial charge in [0, 0.05) is 42.6 Å². The van der Waals surface area contributed by atoms with Crippen molar-refractivity contribution >= 4 is 32.4 Å². The number of amides is 1. The Labute approximate surface area is 186 Å². The van der Waals surface area contributed by atoms with Crippen molar-refractivity contribution in [1.29, 1.82) is 0 Å². The summed E-state index contributed by atoms with van der Waals surface area (Å²) in [5, 5.41) is 5.40. The van der Waals surface area contributed by atoms with Crippen LogP contribution in [0.2, 0.25) is 0 Å². The van der Waals surface area contributed by atoms with Crippen molar-refractivity contribution in [2.24, 2.45) is 5.73 Å². The molecule has 3 N–H and O–H groups in total. The summed E-state index contributed by atoms with van der Waals surface area (Å²) >= 11 is 0. The second-order valence-electron chi connectivity index (χ2n) is 7.90. The zero-order valence-electron chi connectivity index (χ0n) is 17.7. The quantitative estimate of drug-likeness (QED) is 0.592. The van der Waals surface area contributed by atoms with Crippen molar-refractivity contribution < 1.29 is 17.6 Å². The maximum atomic E-state index is 14.4. The number of carbonyl (C=O) groups excluding carboxylic acids is 1. The number of benzene rings is 2. The highest BCUT2D eigenvalue weighted by atomic mass is 32.2. The molecule has 1 amide bonds. The van der Waals surface area contributed by atoms with Gasteiger partial charge in [-0.15, -0.1) is 0 Å². The second-order valence-corrected chi connectivity index (χ2v) is 10.2. The molecule has 32 heavy (non-hydrogen) atoms. The first-order valence-corrected chi connectivity index (χ1v) is 12.1. The predicted octanol–water partition coefficient (Wildman–Crippen LogP) is 3.37. The fourth-order valence-corrected chi connectivity index (χ4v) is 5.19. The van der Waals surface area contributed by atoms with Gasteiger partial charge in [-0.25, -0.2) is 17.1 Å².